The van der Waals surface area contributed by atoms with Gasteiger partial charge in [0.05, 0.1) is 0 Å². The molecule has 0 spiro atoms. The molecule has 7 nitrogen and oxygen atoms in total. The number of hydrogen-bond acceptors (Lipinski definition) is 4. The molecule has 2 unspecified atom stereocenters. The van der Waals surface area contributed by atoms with Crippen LogP contribution in [0.2, 0.25) is 0 Å². The molecule has 3 amide bonds. The summed E-state index contributed by atoms with van der Waals surface area (Å²) < 4.78 is 5.30. The van der Waals surface area contributed by atoms with Gasteiger partial charge in [0.25, 0.3) is 5.91 Å². The Morgan fingerprint density at radius 1 is 0.944 bits per heavy atom. The molecule has 2 atom stereocenters. The van der Waals surface area contributed by atoms with Gasteiger partial charge < -0.3 is 20.3 Å². The number of aryl methyl sites for hydroxylation is 1. The standard InChI is InChI=1S/C29H35N3O4/c1-7-32(27(34)20(3)30-28(35)36-29(4,5)6)25(24-15-11-8-12-19(24)2)26(33)31-23-17-16-21-13-9-10-14-22(21)18-23/h8-18,20,25H,7H2,1-6H3,(H,30,35)(H,31,33). The van der Waals surface area contributed by atoms with Gasteiger partial charge in [0.1, 0.15) is 17.7 Å². The van der Waals surface area contributed by atoms with E-state index in [0.717, 1.165) is 21.9 Å². The van der Waals surface area contributed by atoms with E-state index in [-0.39, 0.29) is 18.4 Å². The molecule has 0 heterocycles. The first-order valence-electron chi connectivity index (χ1n) is 12.2. The molecule has 0 aliphatic carbocycles. The zero-order chi connectivity index (χ0) is 26.5. The van der Waals surface area contributed by atoms with Crippen LogP contribution in [-0.2, 0) is 14.3 Å². The first-order chi connectivity index (χ1) is 17.0. The van der Waals surface area contributed by atoms with Crippen molar-refractivity contribution in [1.82, 2.24) is 10.2 Å². The maximum Gasteiger partial charge on any atom is 0.408 e. The number of anilines is 1. The van der Waals surface area contributed by atoms with Crippen LogP contribution in [0.4, 0.5) is 10.5 Å². The Balaban J connectivity index is 1.90. The summed E-state index contributed by atoms with van der Waals surface area (Å²) in [4.78, 5) is 41.0. The van der Waals surface area contributed by atoms with Crippen LogP contribution >= 0.6 is 0 Å². The lowest BCUT2D eigenvalue weighted by Crippen LogP contribution is -2.51. The van der Waals surface area contributed by atoms with Crippen molar-refractivity contribution in [3.8, 4) is 0 Å². The van der Waals surface area contributed by atoms with Crippen LogP contribution in [0.5, 0.6) is 0 Å². The molecule has 0 saturated heterocycles. The van der Waals surface area contributed by atoms with Gasteiger partial charge in [-0.15, -0.1) is 0 Å². The van der Waals surface area contributed by atoms with Crippen LogP contribution in [0.1, 0.15) is 51.8 Å². The fraction of sp³-hybridized carbons (Fsp3) is 0.345. The monoisotopic (exact) mass is 489 g/mol. The number of nitrogens with zero attached hydrogens (tertiary/aromatic N) is 1. The van der Waals surface area contributed by atoms with Gasteiger partial charge in [-0.25, -0.2) is 4.79 Å². The minimum Gasteiger partial charge on any atom is -0.444 e. The summed E-state index contributed by atoms with van der Waals surface area (Å²) in [5.74, 6) is -0.718. The lowest BCUT2D eigenvalue weighted by atomic mass is 9.98. The molecule has 0 saturated carbocycles. The minimum atomic E-state index is -0.891. The van der Waals surface area contributed by atoms with Gasteiger partial charge >= 0.3 is 6.09 Å². The maximum absolute atomic E-state index is 13.7. The molecule has 0 aliphatic heterocycles. The van der Waals surface area contributed by atoms with E-state index in [1.54, 1.807) is 27.7 Å². The second kappa shape index (κ2) is 11.2. The molecule has 0 aromatic heterocycles. The van der Waals surface area contributed by atoms with Gasteiger partial charge in [-0.2, -0.15) is 0 Å². The largest absolute Gasteiger partial charge is 0.444 e. The molecule has 0 radical (unpaired) electrons. The summed E-state index contributed by atoms with van der Waals surface area (Å²) in [6.45, 7) is 10.8. The van der Waals surface area contributed by atoms with Crippen molar-refractivity contribution >= 4 is 34.4 Å². The van der Waals surface area contributed by atoms with Crippen molar-refractivity contribution in [1.29, 1.82) is 0 Å². The zero-order valence-electron chi connectivity index (χ0n) is 21.8. The fourth-order valence-electron chi connectivity index (χ4n) is 4.08. The van der Waals surface area contributed by atoms with E-state index in [2.05, 4.69) is 10.6 Å². The van der Waals surface area contributed by atoms with E-state index in [0.29, 0.717) is 5.69 Å². The summed E-state index contributed by atoms with van der Waals surface area (Å²) in [6, 6.07) is 19.3. The molecule has 0 aliphatic rings. The first kappa shape index (κ1) is 26.7. The predicted molar refractivity (Wildman–Crippen MR) is 143 cm³/mol. The quantitative estimate of drug-likeness (QED) is 0.453. The van der Waals surface area contributed by atoms with Crippen LogP contribution in [0.3, 0.4) is 0 Å². The molecule has 7 heteroatoms. The number of carbonyl (C=O) groups excluding carboxylic acids is 3. The maximum atomic E-state index is 13.7. The van der Waals surface area contributed by atoms with E-state index >= 15 is 0 Å². The fourth-order valence-corrected chi connectivity index (χ4v) is 4.08. The summed E-state index contributed by atoms with van der Waals surface area (Å²) in [5, 5.41) is 7.66. The van der Waals surface area contributed by atoms with Crippen molar-refractivity contribution in [2.75, 3.05) is 11.9 Å². The Bertz CT molecular complexity index is 1250. The third-order valence-electron chi connectivity index (χ3n) is 5.79. The first-order valence-corrected chi connectivity index (χ1v) is 12.2. The lowest BCUT2D eigenvalue weighted by Gasteiger charge is -2.33. The third-order valence-corrected chi connectivity index (χ3v) is 5.79. The Kier molecular flexibility index (Phi) is 8.35. The molecule has 0 bridgehead atoms. The van der Waals surface area contributed by atoms with Gasteiger partial charge in [-0.05, 0) is 75.6 Å². The highest BCUT2D eigenvalue weighted by Crippen LogP contribution is 2.27. The lowest BCUT2D eigenvalue weighted by molar-refractivity contribution is -0.140. The van der Waals surface area contributed by atoms with Crippen molar-refractivity contribution in [3.63, 3.8) is 0 Å². The number of benzene rings is 3. The summed E-state index contributed by atoms with van der Waals surface area (Å²) >= 11 is 0. The van der Waals surface area contributed by atoms with Gasteiger partial charge in [0, 0.05) is 12.2 Å². The highest BCUT2D eigenvalue weighted by atomic mass is 16.6. The smallest absolute Gasteiger partial charge is 0.408 e. The number of hydrogen-bond donors (Lipinski definition) is 2. The molecule has 0 fully saturated rings. The molecular weight excluding hydrogens is 454 g/mol. The number of likely N-dealkylation sites (N-methyl/N-ethyl adjacent to an activating group) is 1. The normalized spacial score (nSPS) is 12.9. The van der Waals surface area contributed by atoms with E-state index in [1.807, 2.05) is 80.6 Å². The summed E-state index contributed by atoms with van der Waals surface area (Å²) in [7, 11) is 0. The Labute approximate surface area is 212 Å². The molecule has 36 heavy (non-hydrogen) atoms. The van der Waals surface area contributed by atoms with E-state index in [9.17, 15) is 14.4 Å². The van der Waals surface area contributed by atoms with Crippen molar-refractivity contribution in [2.45, 2.75) is 59.2 Å². The highest BCUT2D eigenvalue weighted by molar-refractivity contribution is 6.00. The van der Waals surface area contributed by atoms with Crippen LogP contribution in [0.25, 0.3) is 10.8 Å². The average Bonchev–Trinajstić information content (AvgIpc) is 2.81. The summed E-state index contributed by atoms with van der Waals surface area (Å²) in [5.41, 5.74) is 1.55. The van der Waals surface area contributed by atoms with E-state index in [1.165, 1.54) is 4.90 Å². The molecular formula is C29H35N3O4. The Morgan fingerprint density at radius 3 is 2.22 bits per heavy atom. The second-order valence-corrected chi connectivity index (χ2v) is 9.80. The van der Waals surface area contributed by atoms with Gasteiger partial charge in [0.15, 0.2) is 0 Å². The number of nitrogens with one attached hydrogen (secondary N) is 2. The summed E-state index contributed by atoms with van der Waals surface area (Å²) in [6.07, 6.45) is -0.688. The average molecular weight is 490 g/mol. The van der Waals surface area contributed by atoms with Gasteiger partial charge in [-0.3, -0.25) is 9.59 Å². The SMILES string of the molecule is CCN(C(=O)C(C)NC(=O)OC(C)(C)C)C(C(=O)Nc1ccc2ccccc2c1)c1ccccc1C. The number of alkyl carbamates (subject to hydrolysis) is 1. The topological polar surface area (TPSA) is 87.7 Å². The van der Waals surface area contributed by atoms with Crippen molar-refractivity contribution in [2.24, 2.45) is 0 Å². The predicted octanol–water partition coefficient (Wildman–Crippen LogP) is 5.59. The van der Waals surface area contributed by atoms with Crippen LogP contribution in [-0.4, -0.2) is 41.0 Å². The van der Waals surface area contributed by atoms with Crippen LogP contribution < -0.4 is 10.6 Å². The Hall–Kier alpha value is -3.87. The molecule has 2 N–H and O–H groups in total. The molecule has 3 rings (SSSR count). The number of rotatable bonds is 7. The van der Waals surface area contributed by atoms with Crippen LogP contribution in [0, 0.1) is 6.92 Å². The van der Waals surface area contributed by atoms with Crippen molar-refractivity contribution < 1.29 is 19.1 Å². The minimum absolute atomic E-state index is 0.267. The third kappa shape index (κ3) is 6.62. The van der Waals surface area contributed by atoms with Gasteiger partial charge in [-0.1, -0.05) is 54.6 Å². The van der Waals surface area contributed by atoms with Crippen LogP contribution in [0.15, 0.2) is 66.7 Å². The number of fused-ring (bicyclic) bond motifs is 1. The molecule has 190 valence electrons. The number of amides is 3. The molecule has 3 aromatic carbocycles. The second-order valence-electron chi connectivity index (χ2n) is 9.80. The molecule has 3 aromatic rings. The van der Waals surface area contributed by atoms with E-state index in [4.69, 9.17) is 4.74 Å². The Morgan fingerprint density at radius 2 is 1.58 bits per heavy atom. The van der Waals surface area contributed by atoms with Gasteiger partial charge in [0.2, 0.25) is 5.91 Å². The highest BCUT2D eigenvalue weighted by Gasteiger charge is 2.34. The number of ether oxygens (including phenoxy) is 1. The zero-order valence-corrected chi connectivity index (χ0v) is 21.8. The van der Waals surface area contributed by atoms with Crippen molar-refractivity contribution in [3.05, 3.63) is 77.9 Å². The number of carbonyl (C=O) groups is 3. The van der Waals surface area contributed by atoms with E-state index < -0.39 is 23.8 Å².